The van der Waals surface area contributed by atoms with Crippen LogP contribution in [0, 0.1) is 0 Å². The summed E-state index contributed by atoms with van der Waals surface area (Å²) < 4.78 is 0. The van der Waals surface area contributed by atoms with Crippen molar-refractivity contribution in [1.82, 2.24) is 15.4 Å². The van der Waals surface area contributed by atoms with Crippen molar-refractivity contribution in [3.63, 3.8) is 0 Å². The third kappa shape index (κ3) is 2.36. The van der Waals surface area contributed by atoms with Gasteiger partial charge in [-0.05, 0) is 17.5 Å². The van der Waals surface area contributed by atoms with E-state index < -0.39 is 0 Å². The van der Waals surface area contributed by atoms with E-state index in [0.717, 1.165) is 16.9 Å². The summed E-state index contributed by atoms with van der Waals surface area (Å²) in [5.41, 5.74) is 2.63. The summed E-state index contributed by atoms with van der Waals surface area (Å²) in [5, 5.41) is 10.3. The molecule has 0 amide bonds. The molecule has 0 unspecified atom stereocenters. The van der Waals surface area contributed by atoms with Gasteiger partial charge in [0.05, 0.1) is 10.6 Å². The highest BCUT2D eigenvalue weighted by atomic mass is 32.1. The van der Waals surface area contributed by atoms with Crippen LogP contribution in [-0.4, -0.2) is 21.5 Å². The molecule has 0 aliphatic carbocycles. The topological polar surface area (TPSA) is 70.4 Å². The molecular weight excluding hydrogens is 212 g/mol. The molecule has 0 spiro atoms. The molecule has 0 aromatic carbocycles. The van der Waals surface area contributed by atoms with Gasteiger partial charge in [0.25, 0.3) is 5.95 Å². The molecule has 2 aromatic heterocycles. The fourth-order valence-corrected chi connectivity index (χ4v) is 1.75. The van der Waals surface area contributed by atoms with E-state index in [1.165, 1.54) is 0 Å². The Bertz CT molecular complexity index is 455. The number of aromatic nitrogens is 2. The molecule has 2 aromatic rings. The molecule has 5 nitrogen and oxygen atoms in total. The summed E-state index contributed by atoms with van der Waals surface area (Å²) in [6.07, 6.45) is 2.75. The number of rotatable bonds is 3. The highest BCUT2D eigenvalue weighted by Crippen LogP contribution is 2.23. The monoisotopic (exact) mass is 220 g/mol. The molecule has 2 heterocycles. The van der Waals surface area contributed by atoms with Crippen LogP contribution in [0.5, 0.6) is 0 Å². The smallest absolute Gasteiger partial charge is 0.251 e. The first-order valence-electron chi connectivity index (χ1n) is 4.19. The third-order valence-electron chi connectivity index (χ3n) is 1.65. The lowest BCUT2D eigenvalue weighted by Gasteiger charge is -1.96. The van der Waals surface area contributed by atoms with E-state index in [0.29, 0.717) is 5.95 Å². The fraction of sp³-hybridized carbons (Fsp3) is 0. The number of hydrogen-bond donors (Lipinski definition) is 2. The van der Waals surface area contributed by atoms with Gasteiger partial charge in [-0.1, -0.05) is 6.07 Å². The molecule has 76 valence electrons. The van der Waals surface area contributed by atoms with Crippen LogP contribution in [0.15, 0.2) is 34.8 Å². The lowest BCUT2D eigenvalue weighted by atomic mass is 10.3. The number of hydroxylamine groups is 1. The summed E-state index contributed by atoms with van der Waals surface area (Å²) in [4.78, 5) is 13.0. The van der Waals surface area contributed by atoms with Gasteiger partial charge in [-0.25, -0.2) is 9.97 Å². The normalized spacial score (nSPS) is 10.7. The molecule has 0 saturated carbocycles. The number of hydrogen-bond acceptors (Lipinski definition) is 5. The number of nitrogens with one attached hydrogen (secondary N) is 1. The third-order valence-corrected chi connectivity index (χ3v) is 2.55. The molecule has 2 N–H and O–H groups in total. The van der Waals surface area contributed by atoms with E-state index in [1.807, 2.05) is 23.6 Å². The highest BCUT2D eigenvalue weighted by Gasteiger charge is 2.01. The first-order chi connectivity index (χ1) is 7.40. The first kappa shape index (κ1) is 9.75. The predicted molar refractivity (Wildman–Crippen MR) is 58.4 cm³/mol. The van der Waals surface area contributed by atoms with Gasteiger partial charge in [0, 0.05) is 6.20 Å². The predicted octanol–water partition coefficient (Wildman–Crippen LogP) is 1.84. The highest BCUT2D eigenvalue weighted by molar-refractivity contribution is 7.13. The lowest BCUT2D eigenvalue weighted by molar-refractivity contribution is 0.240. The quantitative estimate of drug-likeness (QED) is 0.470. The van der Waals surface area contributed by atoms with Crippen molar-refractivity contribution in [2.75, 3.05) is 0 Å². The van der Waals surface area contributed by atoms with E-state index in [4.69, 9.17) is 5.21 Å². The number of thiophene rings is 1. The Hall–Kier alpha value is -1.79. The molecule has 15 heavy (non-hydrogen) atoms. The van der Waals surface area contributed by atoms with Gasteiger partial charge < -0.3 is 0 Å². The molecule has 0 radical (unpaired) electrons. The van der Waals surface area contributed by atoms with Crippen LogP contribution >= 0.6 is 11.3 Å². The fourth-order valence-electron chi connectivity index (χ4n) is 1.06. The average molecular weight is 220 g/mol. The second-order valence-corrected chi connectivity index (χ2v) is 3.55. The molecule has 6 heteroatoms. The van der Waals surface area contributed by atoms with Gasteiger partial charge in [0.2, 0.25) is 0 Å². The van der Waals surface area contributed by atoms with Crippen molar-refractivity contribution < 1.29 is 5.21 Å². The second kappa shape index (κ2) is 4.63. The summed E-state index contributed by atoms with van der Waals surface area (Å²) in [6.45, 7) is 0. The second-order valence-electron chi connectivity index (χ2n) is 2.61. The van der Waals surface area contributed by atoms with E-state index >= 15 is 0 Å². The maximum absolute atomic E-state index is 8.33. The van der Waals surface area contributed by atoms with Crippen molar-refractivity contribution in [3.8, 4) is 10.6 Å². The Kier molecular flexibility index (Phi) is 3.01. The van der Waals surface area contributed by atoms with Crippen LogP contribution in [0.2, 0.25) is 0 Å². The molecule has 0 bridgehead atoms. The van der Waals surface area contributed by atoms with Crippen molar-refractivity contribution in [2.45, 2.75) is 0 Å². The van der Waals surface area contributed by atoms with Crippen LogP contribution in [0.3, 0.4) is 0 Å². The lowest BCUT2D eigenvalue weighted by Crippen LogP contribution is -2.01. The maximum Gasteiger partial charge on any atom is 0.251 e. The van der Waals surface area contributed by atoms with Crippen LogP contribution in [0.25, 0.3) is 10.6 Å². The zero-order chi connectivity index (χ0) is 10.5. The number of aliphatic imine (C=N–C) groups is 1. The Balaban J connectivity index is 2.31. The Morgan fingerprint density at radius 3 is 3.13 bits per heavy atom. The largest absolute Gasteiger partial charge is 0.290 e. The molecule has 0 atom stereocenters. The molecule has 0 aliphatic rings. The molecule has 2 rings (SSSR count). The minimum absolute atomic E-state index is 0.308. The van der Waals surface area contributed by atoms with Gasteiger partial charge in [-0.15, -0.1) is 11.3 Å². The van der Waals surface area contributed by atoms with Crippen LogP contribution in [-0.2, 0) is 0 Å². The summed E-state index contributed by atoms with van der Waals surface area (Å²) >= 11 is 1.60. The maximum atomic E-state index is 8.33. The first-order valence-corrected chi connectivity index (χ1v) is 5.07. The van der Waals surface area contributed by atoms with Gasteiger partial charge in [-0.3, -0.25) is 10.7 Å². The van der Waals surface area contributed by atoms with Gasteiger partial charge >= 0.3 is 0 Å². The minimum Gasteiger partial charge on any atom is -0.290 e. The Labute approximate surface area is 90.1 Å². The molecule has 0 aliphatic heterocycles. The Morgan fingerprint density at radius 2 is 2.40 bits per heavy atom. The van der Waals surface area contributed by atoms with Crippen LogP contribution in [0.4, 0.5) is 5.95 Å². The molecule has 0 saturated heterocycles. The minimum atomic E-state index is 0.308. The van der Waals surface area contributed by atoms with Gasteiger partial charge in [0.1, 0.15) is 6.34 Å². The van der Waals surface area contributed by atoms with Crippen molar-refractivity contribution in [1.29, 1.82) is 0 Å². The number of nitrogens with zero attached hydrogens (tertiary/aromatic N) is 3. The zero-order valence-corrected chi connectivity index (χ0v) is 8.48. The van der Waals surface area contributed by atoms with Gasteiger partial charge in [0.15, 0.2) is 0 Å². The van der Waals surface area contributed by atoms with Crippen molar-refractivity contribution in [2.24, 2.45) is 4.99 Å². The Morgan fingerprint density at radius 1 is 1.47 bits per heavy atom. The van der Waals surface area contributed by atoms with E-state index in [-0.39, 0.29) is 0 Å². The average Bonchev–Trinajstić information content (AvgIpc) is 2.80. The van der Waals surface area contributed by atoms with Crippen LogP contribution in [0.1, 0.15) is 0 Å². The van der Waals surface area contributed by atoms with E-state index in [2.05, 4.69) is 15.0 Å². The summed E-state index contributed by atoms with van der Waals surface area (Å²) in [6, 6.07) is 5.75. The van der Waals surface area contributed by atoms with E-state index in [1.54, 1.807) is 23.0 Å². The molecule has 0 fully saturated rings. The van der Waals surface area contributed by atoms with Gasteiger partial charge in [-0.2, -0.15) is 4.99 Å². The molecular formula is C9H8N4OS. The van der Waals surface area contributed by atoms with Crippen LogP contribution < -0.4 is 5.48 Å². The van der Waals surface area contributed by atoms with Crippen molar-refractivity contribution in [3.05, 3.63) is 29.8 Å². The van der Waals surface area contributed by atoms with Crippen molar-refractivity contribution >= 4 is 23.6 Å². The standard InChI is InChI=1S/C9H8N4OS/c14-12-6-11-9-10-4-3-7(13-9)8-2-1-5-15-8/h1-6,14H,(H,10,11,12,13). The zero-order valence-electron chi connectivity index (χ0n) is 7.66. The summed E-state index contributed by atoms with van der Waals surface area (Å²) in [7, 11) is 0. The SMILES string of the molecule is ON/C=N/c1nccc(-c2cccs2)n1. The summed E-state index contributed by atoms with van der Waals surface area (Å²) in [5.74, 6) is 0.308. The van der Waals surface area contributed by atoms with E-state index in [9.17, 15) is 0 Å².